The maximum atomic E-state index is 6.04. The lowest BCUT2D eigenvalue weighted by Crippen LogP contribution is -2.45. The molecule has 0 radical (unpaired) electrons. The number of nitrogens with two attached hydrogens (primary N) is 1. The molecule has 0 saturated carbocycles. The Morgan fingerprint density at radius 3 is 2.81 bits per heavy atom. The summed E-state index contributed by atoms with van der Waals surface area (Å²) in [7, 11) is 0. The van der Waals surface area contributed by atoms with Gasteiger partial charge >= 0.3 is 0 Å². The van der Waals surface area contributed by atoms with Crippen molar-refractivity contribution in [3.8, 4) is 11.5 Å². The van der Waals surface area contributed by atoms with Gasteiger partial charge < -0.3 is 14.6 Å². The van der Waals surface area contributed by atoms with E-state index in [9.17, 15) is 0 Å². The lowest BCUT2D eigenvalue weighted by Gasteiger charge is -2.34. The van der Waals surface area contributed by atoms with Crippen LogP contribution in [0.1, 0.15) is 30.8 Å². The molecule has 0 aliphatic carbocycles. The van der Waals surface area contributed by atoms with Crippen LogP contribution in [0.2, 0.25) is 0 Å². The molecule has 1 fully saturated rings. The van der Waals surface area contributed by atoms with Crippen LogP contribution in [0.25, 0.3) is 11.5 Å². The van der Waals surface area contributed by atoms with Gasteiger partial charge in [0.25, 0.3) is 5.89 Å². The first-order valence-electron chi connectivity index (χ1n) is 7.40. The lowest BCUT2D eigenvalue weighted by atomic mass is 9.95. The predicted molar refractivity (Wildman–Crippen MR) is 78.5 cm³/mol. The number of rotatable bonds is 3. The standard InChI is InChI=1S/C15H22N4O2/c1-9-7-19(5-4-13(9)16)8-14-17-18-15(21-14)12-6-10(2)20-11(12)3/h6,9,13H,4-5,7-8,16H2,1-3H3. The third kappa shape index (κ3) is 3.01. The minimum Gasteiger partial charge on any atom is -0.466 e. The molecule has 0 amide bonds. The van der Waals surface area contributed by atoms with Gasteiger partial charge in [0.1, 0.15) is 11.5 Å². The Hall–Kier alpha value is -1.66. The quantitative estimate of drug-likeness (QED) is 0.932. The first-order chi connectivity index (χ1) is 10.0. The zero-order valence-electron chi connectivity index (χ0n) is 12.8. The smallest absolute Gasteiger partial charge is 0.251 e. The highest BCUT2D eigenvalue weighted by atomic mass is 16.4. The van der Waals surface area contributed by atoms with Gasteiger partial charge in [-0.05, 0) is 32.3 Å². The van der Waals surface area contributed by atoms with E-state index in [-0.39, 0.29) is 0 Å². The normalized spacial score (nSPS) is 23.6. The largest absolute Gasteiger partial charge is 0.466 e. The number of hydrogen-bond donors (Lipinski definition) is 1. The fourth-order valence-corrected chi connectivity index (χ4v) is 2.85. The molecule has 2 aromatic rings. The highest BCUT2D eigenvalue weighted by Crippen LogP contribution is 2.26. The average molecular weight is 290 g/mol. The van der Waals surface area contributed by atoms with Gasteiger partial charge in [-0.2, -0.15) is 0 Å². The predicted octanol–water partition coefficient (Wildman–Crippen LogP) is 2.12. The third-order valence-corrected chi connectivity index (χ3v) is 4.15. The molecular formula is C15H22N4O2. The number of aryl methyl sites for hydroxylation is 2. The Labute approximate surface area is 124 Å². The molecule has 1 saturated heterocycles. The van der Waals surface area contributed by atoms with Crippen molar-refractivity contribution in [2.24, 2.45) is 11.7 Å². The molecule has 2 aromatic heterocycles. The Morgan fingerprint density at radius 2 is 2.14 bits per heavy atom. The molecule has 0 aromatic carbocycles. The van der Waals surface area contributed by atoms with Crippen LogP contribution in [0.5, 0.6) is 0 Å². The second-order valence-electron chi connectivity index (χ2n) is 5.99. The monoisotopic (exact) mass is 290 g/mol. The van der Waals surface area contributed by atoms with Crippen LogP contribution < -0.4 is 5.73 Å². The van der Waals surface area contributed by atoms with Gasteiger partial charge in [0.05, 0.1) is 12.1 Å². The van der Waals surface area contributed by atoms with Crippen molar-refractivity contribution in [1.82, 2.24) is 15.1 Å². The first kappa shape index (κ1) is 14.3. The molecule has 3 rings (SSSR count). The van der Waals surface area contributed by atoms with Crippen LogP contribution in [-0.4, -0.2) is 34.2 Å². The molecule has 0 bridgehead atoms. The lowest BCUT2D eigenvalue weighted by molar-refractivity contribution is 0.146. The zero-order valence-corrected chi connectivity index (χ0v) is 12.8. The summed E-state index contributed by atoms with van der Waals surface area (Å²) in [6.45, 7) is 8.63. The van der Waals surface area contributed by atoms with Crippen molar-refractivity contribution < 1.29 is 8.83 Å². The molecule has 6 heteroatoms. The second-order valence-corrected chi connectivity index (χ2v) is 5.99. The number of furan rings is 1. The fraction of sp³-hybridized carbons (Fsp3) is 0.600. The van der Waals surface area contributed by atoms with Crippen LogP contribution in [0, 0.1) is 19.8 Å². The summed E-state index contributed by atoms with van der Waals surface area (Å²) >= 11 is 0. The molecule has 6 nitrogen and oxygen atoms in total. The number of piperidine rings is 1. The fourth-order valence-electron chi connectivity index (χ4n) is 2.85. The summed E-state index contributed by atoms with van der Waals surface area (Å²) < 4.78 is 11.3. The maximum absolute atomic E-state index is 6.04. The molecule has 3 heterocycles. The first-order valence-corrected chi connectivity index (χ1v) is 7.40. The van der Waals surface area contributed by atoms with Crippen molar-refractivity contribution in [1.29, 1.82) is 0 Å². The topological polar surface area (TPSA) is 81.3 Å². The van der Waals surface area contributed by atoms with Crippen LogP contribution in [-0.2, 0) is 6.54 Å². The maximum Gasteiger partial charge on any atom is 0.251 e. The minimum atomic E-state index is 0.302. The van der Waals surface area contributed by atoms with E-state index in [1.165, 1.54) is 0 Å². The van der Waals surface area contributed by atoms with E-state index in [0.717, 1.165) is 36.6 Å². The molecule has 0 spiro atoms. The number of hydrogen-bond acceptors (Lipinski definition) is 6. The van der Waals surface area contributed by atoms with Crippen LogP contribution in [0.4, 0.5) is 0 Å². The summed E-state index contributed by atoms with van der Waals surface area (Å²) in [5, 5.41) is 8.28. The number of likely N-dealkylation sites (tertiary alicyclic amines) is 1. The second kappa shape index (κ2) is 5.61. The van der Waals surface area contributed by atoms with Crippen LogP contribution >= 0.6 is 0 Å². The van der Waals surface area contributed by atoms with E-state index in [4.69, 9.17) is 14.6 Å². The van der Waals surface area contributed by atoms with E-state index in [2.05, 4.69) is 22.0 Å². The van der Waals surface area contributed by atoms with Crippen LogP contribution in [0.3, 0.4) is 0 Å². The Morgan fingerprint density at radius 1 is 1.33 bits per heavy atom. The van der Waals surface area contributed by atoms with E-state index < -0.39 is 0 Å². The molecule has 1 aliphatic rings. The van der Waals surface area contributed by atoms with Gasteiger partial charge in [-0.1, -0.05) is 6.92 Å². The number of nitrogens with zero attached hydrogens (tertiary/aromatic N) is 3. The molecule has 2 unspecified atom stereocenters. The molecule has 21 heavy (non-hydrogen) atoms. The molecule has 2 atom stereocenters. The summed E-state index contributed by atoms with van der Waals surface area (Å²) in [6, 6.07) is 2.23. The summed E-state index contributed by atoms with van der Waals surface area (Å²) in [6.07, 6.45) is 1.02. The average Bonchev–Trinajstić information content (AvgIpc) is 3.00. The van der Waals surface area contributed by atoms with Crippen molar-refractivity contribution in [2.75, 3.05) is 13.1 Å². The van der Waals surface area contributed by atoms with Crippen molar-refractivity contribution in [2.45, 2.75) is 39.8 Å². The van der Waals surface area contributed by atoms with E-state index in [1.807, 2.05) is 19.9 Å². The highest BCUT2D eigenvalue weighted by molar-refractivity contribution is 5.55. The Bertz CT molecular complexity index is 619. The summed E-state index contributed by atoms with van der Waals surface area (Å²) in [4.78, 5) is 2.32. The third-order valence-electron chi connectivity index (χ3n) is 4.15. The van der Waals surface area contributed by atoms with E-state index in [0.29, 0.717) is 30.3 Å². The van der Waals surface area contributed by atoms with Gasteiger partial charge in [-0.25, -0.2) is 0 Å². The Kier molecular flexibility index (Phi) is 3.82. The number of aromatic nitrogens is 2. The van der Waals surface area contributed by atoms with E-state index >= 15 is 0 Å². The molecule has 1 aliphatic heterocycles. The van der Waals surface area contributed by atoms with Gasteiger partial charge in [-0.15, -0.1) is 10.2 Å². The van der Waals surface area contributed by atoms with Crippen molar-refractivity contribution in [3.63, 3.8) is 0 Å². The van der Waals surface area contributed by atoms with Gasteiger partial charge in [0, 0.05) is 19.1 Å². The van der Waals surface area contributed by atoms with Gasteiger partial charge in [-0.3, -0.25) is 4.90 Å². The molecular weight excluding hydrogens is 268 g/mol. The van der Waals surface area contributed by atoms with Crippen LogP contribution in [0.15, 0.2) is 14.9 Å². The Balaban J connectivity index is 1.70. The van der Waals surface area contributed by atoms with Gasteiger partial charge in [0.2, 0.25) is 5.89 Å². The van der Waals surface area contributed by atoms with Gasteiger partial charge in [0.15, 0.2) is 0 Å². The molecule has 2 N–H and O–H groups in total. The minimum absolute atomic E-state index is 0.302. The zero-order chi connectivity index (χ0) is 15.0. The van der Waals surface area contributed by atoms with Crippen molar-refractivity contribution >= 4 is 0 Å². The van der Waals surface area contributed by atoms with E-state index in [1.54, 1.807) is 0 Å². The highest BCUT2D eigenvalue weighted by Gasteiger charge is 2.24. The summed E-state index contributed by atoms with van der Waals surface area (Å²) in [5.41, 5.74) is 6.92. The van der Waals surface area contributed by atoms with Crippen molar-refractivity contribution in [3.05, 3.63) is 23.5 Å². The SMILES string of the molecule is Cc1cc(-c2nnc(CN3CCC(N)C(C)C3)o2)c(C)o1. The molecule has 114 valence electrons. The summed E-state index contributed by atoms with van der Waals surface area (Å²) in [5.74, 6) is 3.33.